The molecule has 0 saturated heterocycles. The first-order chi connectivity index (χ1) is 13.8. The molecule has 28 heavy (non-hydrogen) atoms. The van der Waals surface area contributed by atoms with E-state index in [0.29, 0.717) is 11.6 Å². The number of rotatable bonds is 4. The van der Waals surface area contributed by atoms with Crippen LogP contribution < -0.4 is 5.32 Å². The van der Waals surface area contributed by atoms with E-state index in [-0.39, 0.29) is 6.04 Å². The van der Waals surface area contributed by atoms with Crippen molar-refractivity contribution in [3.8, 4) is 11.3 Å². The van der Waals surface area contributed by atoms with Crippen LogP contribution in [0.25, 0.3) is 33.2 Å². The summed E-state index contributed by atoms with van der Waals surface area (Å²) < 4.78 is 0. The molecule has 2 aromatic carbocycles. The van der Waals surface area contributed by atoms with Crippen molar-refractivity contribution in [3.05, 3.63) is 72.8 Å². The van der Waals surface area contributed by atoms with Gasteiger partial charge in [-0.05, 0) is 18.6 Å². The molecule has 0 spiro atoms. The van der Waals surface area contributed by atoms with Crippen LogP contribution in [0, 0.1) is 0 Å². The van der Waals surface area contributed by atoms with E-state index in [4.69, 9.17) is 4.98 Å². The highest BCUT2D eigenvalue weighted by atomic mass is 15.1. The smallest absolute Gasteiger partial charge is 0.223 e. The highest BCUT2D eigenvalue weighted by Crippen LogP contribution is 2.27. The molecule has 2 N–H and O–H groups in total. The minimum Gasteiger partial charge on any atom is -0.348 e. The molecular weight excluding hydrogens is 350 g/mol. The lowest BCUT2D eigenvalue weighted by molar-refractivity contribution is 0.864. The van der Waals surface area contributed by atoms with Gasteiger partial charge in [-0.2, -0.15) is 5.10 Å². The molecule has 0 aliphatic carbocycles. The maximum atomic E-state index is 4.71. The van der Waals surface area contributed by atoms with Crippen LogP contribution in [0.5, 0.6) is 0 Å². The van der Waals surface area contributed by atoms with Crippen LogP contribution in [-0.4, -0.2) is 30.1 Å². The van der Waals surface area contributed by atoms with E-state index in [1.165, 1.54) is 11.9 Å². The molecule has 0 radical (unpaired) electrons. The van der Waals surface area contributed by atoms with Gasteiger partial charge in [0.25, 0.3) is 0 Å². The molecule has 3 aromatic heterocycles. The number of H-pyrrole nitrogens is 1. The number of benzene rings is 2. The second-order valence-corrected chi connectivity index (χ2v) is 6.60. The predicted molar refractivity (Wildman–Crippen MR) is 109 cm³/mol. The summed E-state index contributed by atoms with van der Waals surface area (Å²) in [5, 5.41) is 12.2. The predicted octanol–water partition coefficient (Wildman–Crippen LogP) is 4.14. The van der Waals surface area contributed by atoms with Gasteiger partial charge < -0.3 is 5.32 Å². The number of fused-ring (bicyclic) bond motifs is 2. The third kappa shape index (κ3) is 2.92. The van der Waals surface area contributed by atoms with Gasteiger partial charge in [0, 0.05) is 17.1 Å². The van der Waals surface area contributed by atoms with Gasteiger partial charge in [0.15, 0.2) is 5.65 Å². The summed E-state index contributed by atoms with van der Waals surface area (Å²) in [6.07, 6.45) is 5.11. The third-order valence-electron chi connectivity index (χ3n) is 4.75. The molecule has 1 atom stereocenters. The molecule has 0 aliphatic heterocycles. The Kier molecular flexibility index (Phi) is 3.90. The zero-order chi connectivity index (χ0) is 18.9. The standard InChI is InChI=1S/C21H17N7/c1-13(14-5-3-2-4-6-14)26-21-22-10-16-8-7-15(9-18(16)27-21)19-17-11-25-28-20(17)24-12-23-19/h2-13H,1H3,(H,22,26,27)(H,23,24,25,28). The van der Waals surface area contributed by atoms with Gasteiger partial charge in [0.05, 0.1) is 28.8 Å². The van der Waals surface area contributed by atoms with Gasteiger partial charge in [-0.25, -0.2) is 19.9 Å². The summed E-state index contributed by atoms with van der Waals surface area (Å²) in [6.45, 7) is 2.09. The van der Waals surface area contributed by atoms with Crippen LogP contribution in [0.15, 0.2) is 67.3 Å². The minimum absolute atomic E-state index is 0.106. The summed E-state index contributed by atoms with van der Waals surface area (Å²) in [6, 6.07) is 16.4. The van der Waals surface area contributed by atoms with Gasteiger partial charge in [0.1, 0.15) is 6.33 Å². The van der Waals surface area contributed by atoms with E-state index in [2.05, 4.69) is 49.5 Å². The number of aromatic amines is 1. The van der Waals surface area contributed by atoms with Crippen LogP contribution in [-0.2, 0) is 0 Å². The van der Waals surface area contributed by atoms with E-state index in [9.17, 15) is 0 Å². The van der Waals surface area contributed by atoms with Gasteiger partial charge in [-0.1, -0.05) is 42.5 Å². The number of aromatic nitrogens is 6. The van der Waals surface area contributed by atoms with Gasteiger partial charge in [-0.15, -0.1) is 0 Å². The van der Waals surface area contributed by atoms with E-state index >= 15 is 0 Å². The Morgan fingerprint density at radius 1 is 0.964 bits per heavy atom. The molecule has 136 valence electrons. The molecular formula is C21H17N7. The number of hydrogen-bond acceptors (Lipinski definition) is 6. The first-order valence-electron chi connectivity index (χ1n) is 9.01. The Balaban J connectivity index is 1.52. The maximum absolute atomic E-state index is 4.71. The van der Waals surface area contributed by atoms with Crippen molar-refractivity contribution in [2.24, 2.45) is 0 Å². The summed E-state index contributed by atoms with van der Waals surface area (Å²) in [7, 11) is 0. The normalized spacial score (nSPS) is 12.3. The van der Waals surface area contributed by atoms with E-state index < -0.39 is 0 Å². The fourth-order valence-electron chi connectivity index (χ4n) is 3.25. The van der Waals surface area contributed by atoms with Crippen LogP contribution >= 0.6 is 0 Å². The maximum Gasteiger partial charge on any atom is 0.223 e. The molecule has 7 heteroatoms. The quantitative estimate of drug-likeness (QED) is 0.496. The number of nitrogens with one attached hydrogen (secondary N) is 2. The lowest BCUT2D eigenvalue weighted by Gasteiger charge is -2.14. The molecule has 0 aliphatic rings. The van der Waals surface area contributed by atoms with Crippen molar-refractivity contribution >= 4 is 27.9 Å². The van der Waals surface area contributed by atoms with Crippen LogP contribution in [0.2, 0.25) is 0 Å². The molecule has 0 saturated carbocycles. The van der Waals surface area contributed by atoms with Crippen LogP contribution in [0.1, 0.15) is 18.5 Å². The zero-order valence-electron chi connectivity index (χ0n) is 15.2. The van der Waals surface area contributed by atoms with E-state index in [1.54, 1.807) is 6.20 Å². The number of nitrogens with zero attached hydrogens (tertiary/aromatic N) is 5. The van der Waals surface area contributed by atoms with Gasteiger partial charge in [0.2, 0.25) is 5.95 Å². The molecule has 5 rings (SSSR count). The van der Waals surface area contributed by atoms with Crippen LogP contribution in [0.4, 0.5) is 5.95 Å². The number of hydrogen-bond donors (Lipinski definition) is 2. The first-order valence-corrected chi connectivity index (χ1v) is 9.01. The minimum atomic E-state index is 0.106. The average Bonchev–Trinajstić information content (AvgIpc) is 3.23. The highest BCUT2D eigenvalue weighted by Gasteiger charge is 2.11. The van der Waals surface area contributed by atoms with Crippen LogP contribution in [0.3, 0.4) is 0 Å². The lowest BCUT2D eigenvalue weighted by Crippen LogP contribution is -2.09. The Labute approximate surface area is 160 Å². The molecule has 0 amide bonds. The third-order valence-corrected chi connectivity index (χ3v) is 4.75. The van der Waals surface area contributed by atoms with E-state index in [0.717, 1.165) is 27.5 Å². The second-order valence-electron chi connectivity index (χ2n) is 6.60. The largest absolute Gasteiger partial charge is 0.348 e. The van der Waals surface area contributed by atoms with Crippen molar-refractivity contribution in [1.82, 2.24) is 30.1 Å². The summed E-state index contributed by atoms with van der Waals surface area (Å²) >= 11 is 0. The first kappa shape index (κ1) is 16.3. The fourth-order valence-corrected chi connectivity index (χ4v) is 3.25. The Bertz CT molecular complexity index is 1260. The Morgan fingerprint density at radius 2 is 1.86 bits per heavy atom. The fraction of sp³-hybridized carbons (Fsp3) is 0.0952. The Morgan fingerprint density at radius 3 is 2.75 bits per heavy atom. The summed E-state index contributed by atoms with van der Waals surface area (Å²) in [5.74, 6) is 0.595. The van der Waals surface area contributed by atoms with Gasteiger partial charge >= 0.3 is 0 Å². The lowest BCUT2D eigenvalue weighted by atomic mass is 10.1. The van der Waals surface area contributed by atoms with Crippen molar-refractivity contribution in [3.63, 3.8) is 0 Å². The topological polar surface area (TPSA) is 92.3 Å². The monoisotopic (exact) mass is 367 g/mol. The molecule has 3 heterocycles. The zero-order valence-corrected chi connectivity index (χ0v) is 15.2. The van der Waals surface area contributed by atoms with Crippen molar-refractivity contribution in [2.75, 3.05) is 5.32 Å². The van der Waals surface area contributed by atoms with Crippen molar-refractivity contribution in [1.29, 1.82) is 0 Å². The van der Waals surface area contributed by atoms with Gasteiger partial charge in [-0.3, -0.25) is 5.10 Å². The summed E-state index contributed by atoms with van der Waals surface area (Å²) in [5.41, 5.74) is 4.54. The molecule has 1 unspecified atom stereocenters. The van der Waals surface area contributed by atoms with Crippen molar-refractivity contribution in [2.45, 2.75) is 13.0 Å². The highest BCUT2D eigenvalue weighted by molar-refractivity contribution is 5.92. The SMILES string of the molecule is CC(Nc1ncc2ccc(-c3ncnc4[nH]ncc34)cc2n1)c1ccccc1. The summed E-state index contributed by atoms with van der Waals surface area (Å²) in [4.78, 5) is 17.8. The Hall–Kier alpha value is -3.87. The molecule has 7 nitrogen and oxygen atoms in total. The van der Waals surface area contributed by atoms with Crippen molar-refractivity contribution < 1.29 is 0 Å². The molecule has 5 aromatic rings. The second kappa shape index (κ2) is 6.70. The average molecular weight is 367 g/mol. The molecule has 0 fully saturated rings. The molecule has 0 bridgehead atoms. The number of anilines is 1. The van der Waals surface area contributed by atoms with E-state index in [1.807, 2.05) is 42.6 Å².